The molecule has 3 amide bonds. The number of anilines is 1. The number of hydrogen-bond donors (Lipinski definition) is 4. The Labute approximate surface area is 236 Å². The van der Waals surface area contributed by atoms with Crippen molar-refractivity contribution in [3.63, 3.8) is 0 Å². The summed E-state index contributed by atoms with van der Waals surface area (Å²) in [6.07, 6.45) is -1.49. The first-order valence-electron chi connectivity index (χ1n) is 13.0. The molecule has 1 aliphatic rings. The number of nitrogens with zero attached hydrogens (tertiary/aromatic N) is 4. The van der Waals surface area contributed by atoms with Gasteiger partial charge in [-0.05, 0) is 72.9 Å². The molecule has 0 unspecified atom stereocenters. The van der Waals surface area contributed by atoms with Gasteiger partial charge in [0.1, 0.15) is 0 Å². The molecule has 0 heterocycles. The Hall–Kier alpha value is -4.47. The molecule has 41 heavy (non-hydrogen) atoms. The molecule has 1 saturated carbocycles. The molecule has 13 heteroatoms. The zero-order valence-corrected chi connectivity index (χ0v) is 23.0. The number of halogens is 3. The van der Waals surface area contributed by atoms with Gasteiger partial charge in [0.25, 0.3) is 5.91 Å². The summed E-state index contributed by atoms with van der Waals surface area (Å²) >= 11 is 0. The minimum atomic E-state index is -4.75. The molecule has 2 aromatic rings. The summed E-state index contributed by atoms with van der Waals surface area (Å²) in [7, 11) is 0. The molecule has 0 aliphatic heterocycles. The molecule has 1 fully saturated rings. The summed E-state index contributed by atoms with van der Waals surface area (Å²) < 4.78 is 40.5. The Kier molecular flexibility index (Phi) is 9.70. The Bertz CT molecular complexity index is 1340. The van der Waals surface area contributed by atoms with Crippen LogP contribution in [0.1, 0.15) is 73.5 Å². The van der Waals surface area contributed by atoms with Crippen molar-refractivity contribution in [2.24, 2.45) is 27.5 Å². The predicted octanol–water partition coefficient (Wildman–Crippen LogP) is 6.21. The lowest BCUT2D eigenvalue weighted by Gasteiger charge is -2.41. The van der Waals surface area contributed by atoms with E-state index in [-0.39, 0.29) is 29.3 Å². The third-order valence-electron chi connectivity index (χ3n) is 7.28. The number of carbonyl (C=O) groups excluding carboxylic acids is 2. The van der Waals surface area contributed by atoms with Crippen molar-refractivity contribution in [3.8, 4) is 6.07 Å². The van der Waals surface area contributed by atoms with Crippen LogP contribution in [0.15, 0.2) is 52.8 Å². The topological polar surface area (TPSA) is 160 Å². The van der Waals surface area contributed by atoms with Crippen LogP contribution in [0.3, 0.4) is 0 Å². The van der Waals surface area contributed by atoms with Gasteiger partial charge >= 0.3 is 12.2 Å². The fourth-order valence-electron chi connectivity index (χ4n) is 4.99. The van der Waals surface area contributed by atoms with Crippen molar-refractivity contribution in [1.82, 2.24) is 10.2 Å². The number of alkyl halides is 3. The van der Waals surface area contributed by atoms with Crippen molar-refractivity contribution in [2.75, 3.05) is 5.32 Å². The van der Waals surface area contributed by atoms with Crippen LogP contribution in [-0.4, -0.2) is 28.8 Å². The van der Waals surface area contributed by atoms with Gasteiger partial charge in [0, 0.05) is 23.8 Å². The SMILES string of the molecule is CC(C)(C)C1CCC(N(Cc2ccc(C(=O)NC(=N)N=NN)cc2)C(=O)Nc2ccc(C#N)c(C(F)(F)F)c2)CC1. The lowest BCUT2D eigenvalue weighted by molar-refractivity contribution is -0.137. The summed E-state index contributed by atoms with van der Waals surface area (Å²) in [5, 5.41) is 27.5. The fraction of sp³-hybridized carbons (Fsp3) is 0.429. The summed E-state index contributed by atoms with van der Waals surface area (Å²) in [6, 6.07) is 10.3. The van der Waals surface area contributed by atoms with Gasteiger partial charge in [0.2, 0.25) is 5.96 Å². The van der Waals surface area contributed by atoms with Crippen molar-refractivity contribution < 1.29 is 22.8 Å². The summed E-state index contributed by atoms with van der Waals surface area (Å²) in [6.45, 7) is 6.70. The van der Waals surface area contributed by atoms with E-state index in [4.69, 9.17) is 16.5 Å². The lowest BCUT2D eigenvalue weighted by Crippen LogP contribution is -2.45. The van der Waals surface area contributed by atoms with E-state index in [0.717, 1.165) is 37.8 Å². The Morgan fingerprint density at radius 3 is 2.27 bits per heavy atom. The van der Waals surface area contributed by atoms with Crippen molar-refractivity contribution in [1.29, 1.82) is 10.7 Å². The summed E-state index contributed by atoms with van der Waals surface area (Å²) in [5.41, 5.74) is -0.666. The van der Waals surface area contributed by atoms with E-state index >= 15 is 0 Å². The number of nitriles is 1. The number of nitrogens with two attached hydrogens (primary N) is 1. The third-order valence-corrected chi connectivity index (χ3v) is 7.28. The van der Waals surface area contributed by atoms with E-state index in [1.54, 1.807) is 17.0 Å². The third kappa shape index (κ3) is 8.26. The van der Waals surface area contributed by atoms with Crippen LogP contribution in [0.4, 0.5) is 23.7 Å². The number of urea groups is 1. The molecule has 0 saturated heterocycles. The van der Waals surface area contributed by atoms with E-state index in [1.165, 1.54) is 24.3 Å². The zero-order valence-electron chi connectivity index (χ0n) is 23.0. The highest BCUT2D eigenvalue weighted by atomic mass is 19.4. The second kappa shape index (κ2) is 12.8. The van der Waals surface area contributed by atoms with Gasteiger partial charge in [-0.2, -0.15) is 18.4 Å². The monoisotopic (exact) mass is 570 g/mol. The van der Waals surface area contributed by atoms with Gasteiger partial charge in [0.05, 0.1) is 17.2 Å². The Balaban J connectivity index is 1.83. The molecule has 218 valence electrons. The van der Waals surface area contributed by atoms with Gasteiger partial charge in [-0.25, -0.2) is 4.79 Å². The number of hydrogen-bond acceptors (Lipinski definition) is 5. The standard InChI is InChI=1S/C28H33F3N8O2/c1-27(2,3)20-9-12-22(13-10-20)39(16-17-4-6-18(7-5-17)24(40)36-25(33)37-38-34)26(41)35-21-11-8-19(15-32)23(14-21)28(29,30)31/h4-8,11,14,20,22H,9-10,12-13,16H2,1-3H3,(H,35,41)(H4,33,34,36,37,40). The molecule has 10 nitrogen and oxygen atoms in total. The maximum Gasteiger partial charge on any atom is 0.417 e. The molecular formula is C28H33F3N8O2. The van der Waals surface area contributed by atoms with Crippen molar-refractivity contribution in [2.45, 2.75) is 65.2 Å². The average Bonchev–Trinajstić information content (AvgIpc) is 2.91. The van der Waals surface area contributed by atoms with Crippen molar-refractivity contribution in [3.05, 3.63) is 64.7 Å². The lowest BCUT2D eigenvalue weighted by atomic mass is 9.71. The molecule has 3 rings (SSSR count). The average molecular weight is 571 g/mol. The molecule has 2 aromatic carbocycles. The quantitative estimate of drug-likeness (QED) is 0.111. The highest BCUT2D eigenvalue weighted by Gasteiger charge is 2.36. The molecule has 0 radical (unpaired) electrons. The molecule has 0 spiro atoms. The van der Waals surface area contributed by atoms with Crippen molar-refractivity contribution >= 4 is 23.6 Å². The summed E-state index contributed by atoms with van der Waals surface area (Å²) in [5.74, 6) is 4.24. The first kappa shape index (κ1) is 31.1. The minimum Gasteiger partial charge on any atom is -0.317 e. The van der Waals surface area contributed by atoms with Gasteiger partial charge in [0.15, 0.2) is 0 Å². The number of nitrogens with one attached hydrogen (secondary N) is 3. The first-order chi connectivity index (χ1) is 19.2. The smallest absolute Gasteiger partial charge is 0.317 e. The van der Waals surface area contributed by atoms with Gasteiger partial charge in [-0.1, -0.05) is 43.2 Å². The van der Waals surface area contributed by atoms with E-state index in [2.05, 4.69) is 41.7 Å². The van der Waals surface area contributed by atoms with E-state index in [0.29, 0.717) is 11.5 Å². The number of amides is 3. The molecule has 0 atom stereocenters. The largest absolute Gasteiger partial charge is 0.417 e. The zero-order chi connectivity index (χ0) is 30.4. The van der Waals surface area contributed by atoms with E-state index in [9.17, 15) is 22.8 Å². The molecular weight excluding hydrogens is 537 g/mol. The van der Waals surface area contributed by atoms with Gasteiger partial charge in [-0.15, -0.1) is 0 Å². The Morgan fingerprint density at radius 2 is 1.73 bits per heavy atom. The second-order valence-electron chi connectivity index (χ2n) is 11.0. The van der Waals surface area contributed by atoms with Crippen LogP contribution in [0, 0.1) is 28.1 Å². The number of carbonyl (C=O) groups is 2. The van der Waals surface area contributed by atoms with Crippen LogP contribution in [0.5, 0.6) is 0 Å². The van der Waals surface area contributed by atoms with Crippen LogP contribution in [0.25, 0.3) is 0 Å². The fourth-order valence-corrected chi connectivity index (χ4v) is 4.99. The van der Waals surface area contributed by atoms with Gasteiger partial charge < -0.3 is 16.1 Å². The number of guanidine groups is 1. The molecule has 0 aromatic heterocycles. The molecule has 0 bridgehead atoms. The maximum atomic E-state index is 13.5. The number of benzene rings is 2. The first-order valence-corrected chi connectivity index (χ1v) is 13.0. The van der Waals surface area contributed by atoms with Gasteiger partial charge in [-0.3, -0.25) is 15.5 Å². The van der Waals surface area contributed by atoms with Crippen LogP contribution < -0.4 is 16.5 Å². The van der Waals surface area contributed by atoms with Crippen LogP contribution >= 0.6 is 0 Å². The maximum absolute atomic E-state index is 13.5. The normalized spacial score (nSPS) is 17.5. The molecule has 5 N–H and O–H groups in total. The Morgan fingerprint density at radius 1 is 1.10 bits per heavy atom. The highest BCUT2D eigenvalue weighted by molar-refractivity contribution is 6.04. The van der Waals surface area contributed by atoms with E-state index < -0.39 is 35.2 Å². The highest BCUT2D eigenvalue weighted by Crippen LogP contribution is 2.39. The summed E-state index contributed by atoms with van der Waals surface area (Å²) in [4.78, 5) is 27.4. The second-order valence-corrected chi connectivity index (χ2v) is 11.0. The van der Waals surface area contributed by atoms with Crippen LogP contribution in [0.2, 0.25) is 0 Å². The predicted molar refractivity (Wildman–Crippen MR) is 147 cm³/mol. The van der Waals surface area contributed by atoms with E-state index in [1.807, 2.05) is 0 Å². The van der Waals surface area contributed by atoms with Crippen LogP contribution in [-0.2, 0) is 12.7 Å². The molecule has 1 aliphatic carbocycles. The minimum absolute atomic E-state index is 0.0706. The number of rotatable bonds is 5.